The van der Waals surface area contributed by atoms with Gasteiger partial charge in [0.1, 0.15) is 0 Å². The Labute approximate surface area is 120 Å². The van der Waals surface area contributed by atoms with Gasteiger partial charge in [-0.2, -0.15) is 0 Å². The van der Waals surface area contributed by atoms with E-state index in [-0.39, 0.29) is 6.03 Å². The SMILES string of the molecule is CCN1CCC(CNC(=O)Nc2cccc(CN)c2)C1. The Morgan fingerprint density at radius 3 is 3.05 bits per heavy atom. The van der Waals surface area contributed by atoms with Crippen molar-refractivity contribution in [3.05, 3.63) is 29.8 Å². The molecule has 1 fully saturated rings. The van der Waals surface area contributed by atoms with Crippen molar-refractivity contribution >= 4 is 11.7 Å². The van der Waals surface area contributed by atoms with Crippen LogP contribution in [0, 0.1) is 5.92 Å². The number of rotatable bonds is 5. The fraction of sp³-hybridized carbons (Fsp3) is 0.533. The normalized spacial score (nSPS) is 19.0. The highest BCUT2D eigenvalue weighted by Crippen LogP contribution is 2.14. The number of nitrogens with zero attached hydrogens (tertiary/aromatic N) is 1. The number of amides is 2. The van der Waals surface area contributed by atoms with Gasteiger partial charge in [-0.15, -0.1) is 0 Å². The number of likely N-dealkylation sites (tertiary alicyclic amines) is 1. The summed E-state index contributed by atoms with van der Waals surface area (Å²) in [6, 6.07) is 7.46. The first-order chi connectivity index (χ1) is 9.71. The number of hydrogen-bond donors (Lipinski definition) is 3. The molecule has 1 aromatic carbocycles. The molecule has 20 heavy (non-hydrogen) atoms. The maximum absolute atomic E-state index is 11.9. The van der Waals surface area contributed by atoms with Crippen LogP contribution in [0.15, 0.2) is 24.3 Å². The molecule has 1 aliphatic rings. The molecule has 5 nitrogen and oxygen atoms in total. The first kappa shape index (κ1) is 14.8. The standard InChI is InChI=1S/C15H24N4O/c1-2-19-7-6-13(11-19)10-17-15(20)18-14-5-3-4-12(8-14)9-16/h3-5,8,13H,2,6-7,9-11,16H2,1H3,(H2,17,18,20). The van der Waals surface area contributed by atoms with E-state index in [0.29, 0.717) is 12.5 Å². The van der Waals surface area contributed by atoms with Crippen molar-refractivity contribution in [2.75, 3.05) is 31.5 Å². The number of carbonyl (C=O) groups is 1. The van der Waals surface area contributed by atoms with Crippen molar-refractivity contribution in [1.82, 2.24) is 10.2 Å². The van der Waals surface area contributed by atoms with Crippen LogP contribution in [0.25, 0.3) is 0 Å². The summed E-state index contributed by atoms with van der Waals surface area (Å²) in [5.41, 5.74) is 7.38. The van der Waals surface area contributed by atoms with Crippen LogP contribution in [-0.2, 0) is 6.54 Å². The van der Waals surface area contributed by atoms with Crippen LogP contribution in [0.5, 0.6) is 0 Å². The van der Waals surface area contributed by atoms with E-state index >= 15 is 0 Å². The van der Waals surface area contributed by atoms with Gasteiger partial charge in [0.2, 0.25) is 0 Å². The highest BCUT2D eigenvalue weighted by molar-refractivity contribution is 5.89. The van der Waals surface area contributed by atoms with Gasteiger partial charge in [-0.05, 0) is 43.1 Å². The van der Waals surface area contributed by atoms with Gasteiger partial charge in [0.15, 0.2) is 0 Å². The second kappa shape index (κ2) is 7.26. The highest BCUT2D eigenvalue weighted by atomic mass is 16.2. The molecule has 0 aliphatic carbocycles. The van der Waals surface area contributed by atoms with E-state index in [0.717, 1.165) is 43.9 Å². The molecular formula is C15H24N4O. The predicted molar refractivity (Wildman–Crippen MR) is 81.6 cm³/mol. The molecule has 1 unspecified atom stereocenters. The summed E-state index contributed by atoms with van der Waals surface area (Å²) in [4.78, 5) is 14.3. The van der Waals surface area contributed by atoms with E-state index in [1.807, 2.05) is 24.3 Å². The largest absolute Gasteiger partial charge is 0.338 e. The minimum absolute atomic E-state index is 0.144. The number of nitrogens with two attached hydrogens (primary N) is 1. The van der Waals surface area contributed by atoms with Crippen molar-refractivity contribution in [1.29, 1.82) is 0 Å². The molecule has 1 aromatic rings. The molecule has 4 N–H and O–H groups in total. The summed E-state index contributed by atoms with van der Waals surface area (Å²) in [6.45, 7) is 6.70. The van der Waals surface area contributed by atoms with Gasteiger partial charge in [0.25, 0.3) is 0 Å². The number of hydrogen-bond acceptors (Lipinski definition) is 3. The van der Waals surface area contributed by atoms with Crippen LogP contribution in [0.4, 0.5) is 10.5 Å². The molecule has 5 heteroatoms. The molecule has 2 rings (SSSR count). The predicted octanol–water partition coefficient (Wildman–Crippen LogP) is 1.61. The third-order valence-electron chi connectivity index (χ3n) is 3.79. The van der Waals surface area contributed by atoms with Crippen LogP contribution < -0.4 is 16.4 Å². The van der Waals surface area contributed by atoms with Crippen LogP contribution in [0.3, 0.4) is 0 Å². The monoisotopic (exact) mass is 276 g/mol. The van der Waals surface area contributed by atoms with E-state index in [9.17, 15) is 4.79 Å². The minimum Gasteiger partial charge on any atom is -0.338 e. The summed E-state index contributed by atoms with van der Waals surface area (Å²) in [5.74, 6) is 0.566. The van der Waals surface area contributed by atoms with Crippen molar-refractivity contribution in [2.24, 2.45) is 11.7 Å². The molecule has 0 radical (unpaired) electrons. The molecule has 1 heterocycles. The topological polar surface area (TPSA) is 70.4 Å². The van der Waals surface area contributed by atoms with E-state index in [2.05, 4.69) is 22.5 Å². The Morgan fingerprint density at radius 1 is 1.50 bits per heavy atom. The zero-order valence-corrected chi connectivity index (χ0v) is 12.1. The first-order valence-electron chi connectivity index (χ1n) is 7.27. The fourth-order valence-electron chi connectivity index (χ4n) is 2.56. The summed E-state index contributed by atoms with van der Waals surface area (Å²) in [6.07, 6.45) is 1.16. The Bertz CT molecular complexity index is 449. The summed E-state index contributed by atoms with van der Waals surface area (Å²) in [7, 11) is 0. The minimum atomic E-state index is -0.144. The average Bonchev–Trinajstić information content (AvgIpc) is 2.93. The summed E-state index contributed by atoms with van der Waals surface area (Å²) < 4.78 is 0. The Kier molecular flexibility index (Phi) is 5.38. The second-order valence-corrected chi connectivity index (χ2v) is 5.29. The van der Waals surface area contributed by atoms with E-state index < -0.39 is 0 Å². The molecule has 110 valence electrons. The molecule has 0 bridgehead atoms. The maximum atomic E-state index is 11.9. The second-order valence-electron chi connectivity index (χ2n) is 5.29. The smallest absolute Gasteiger partial charge is 0.319 e. The van der Waals surface area contributed by atoms with Crippen LogP contribution in [0.2, 0.25) is 0 Å². The first-order valence-corrected chi connectivity index (χ1v) is 7.27. The lowest BCUT2D eigenvalue weighted by molar-refractivity contribution is 0.250. The average molecular weight is 276 g/mol. The van der Waals surface area contributed by atoms with Gasteiger partial charge < -0.3 is 21.3 Å². The quantitative estimate of drug-likeness (QED) is 0.765. The Morgan fingerprint density at radius 2 is 2.35 bits per heavy atom. The zero-order chi connectivity index (χ0) is 14.4. The zero-order valence-electron chi connectivity index (χ0n) is 12.1. The number of urea groups is 1. The maximum Gasteiger partial charge on any atom is 0.319 e. The van der Waals surface area contributed by atoms with Crippen LogP contribution in [-0.4, -0.2) is 37.1 Å². The van der Waals surface area contributed by atoms with Gasteiger partial charge in [-0.1, -0.05) is 19.1 Å². The van der Waals surface area contributed by atoms with Crippen molar-refractivity contribution < 1.29 is 4.79 Å². The van der Waals surface area contributed by atoms with Gasteiger partial charge in [0, 0.05) is 25.3 Å². The lowest BCUT2D eigenvalue weighted by Gasteiger charge is -2.14. The Balaban J connectivity index is 1.75. The number of benzene rings is 1. The van der Waals surface area contributed by atoms with Gasteiger partial charge in [-0.25, -0.2) is 4.79 Å². The molecule has 0 spiro atoms. The summed E-state index contributed by atoms with van der Waals surface area (Å²) in [5, 5.41) is 5.79. The number of carbonyl (C=O) groups excluding carboxylic acids is 1. The van der Waals surface area contributed by atoms with Crippen molar-refractivity contribution in [3.8, 4) is 0 Å². The van der Waals surface area contributed by atoms with Gasteiger partial charge in [-0.3, -0.25) is 0 Å². The van der Waals surface area contributed by atoms with Crippen LogP contribution >= 0.6 is 0 Å². The number of anilines is 1. The summed E-state index contributed by atoms with van der Waals surface area (Å²) >= 11 is 0. The number of nitrogens with one attached hydrogen (secondary N) is 2. The lowest BCUT2D eigenvalue weighted by Crippen LogP contribution is -2.34. The van der Waals surface area contributed by atoms with E-state index in [1.54, 1.807) is 0 Å². The molecule has 2 amide bonds. The van der Waals surface area contributed by atoms with E-state index in [4.69, 9.17) is 5.73 Å². The molecule has 1 saturated heterocycles. The third kappa shape index (κ3) is 4.21. The van der Waals surface area contributed by atoms with Gasteiger partial charge >= 0.3 is 6.03 Å². The van der Waals surface area contributed by atoms with Crippen LogP contribution in [0.1, 0.15) is 18.9 Å². The molecule has 1 aliphatic heterocycles. The van der Waals surface area contributed by atoms with E-state index in [1.165, 1.54) is 0 Å². The molecule has 1 atom stereocenters. The fourth-order valence-corrected chi connectivity index (χ4v) is 2.56. The Hall–Kier alpha value is -1.59. The third-order valence-corrected chi connectivity index (χ3v) is 3.79. The van der Waals surface area contributed by atoms with Gasteiger partial charge in [0.05, 0.1) is 0 Å². The molecular weight excluding hydrogens is 252 g/mol. The highest BCUT2D eigenvalue weighted by Gasteiger charge is 2.21. The van der Waals surface area contributed by atoms with Crippen molar-refractivity contribution in [3.63, 3.8) is 0 Å². The van der Waals surface area contributed by atoms with Crippen molar-refractivity contribution in [2.45, 2.75) is 19.9 Å². The molecule has 0 aromatic heterocycles. The lowest BCUT2D eigenvalue weighted by atomic mass is 10.1. The molecule has 0 saturated carbocycles.